The Morgan fingerprint density at radius 3 is 2.57 bits per heavy atom. The number of aryl methyl sites for hydroxylation is 1. The number of H-pyrrole nitrogens is 1. The average molecular weight is 392 g/mol. The summed E-state index contributed by atoms with van der Waals surface area (Å²) in [4.78, 5) is 0. The molecule has 0 amide bonds. The van der Waals surface area contributed by atoms with E-state index >= 15 is 0 Å². The number of nitrogens with one attached hydrogen (secondary N) is 1. The zero-order chi connectivity index (χ0) is 20.5. The number of benzene rings is 3. The molecule has 146 valence electrons. The maximum absolute atomic E-state index is 9.80. The van der Waals surface area contributed by atoms with Gasteiger partial charge in [-0.15, -0.1) is 5.10 Å². The lowest BCUT2D eigenvalue weighted by atomic mass is 9.84. The topological polar surface area (TPSA) is 87.7 Å². The van der Waals surface area contributed by atoms with Crippen LogP contribution in [0.2, 0.25) is 0 Å². The molecule has 0 spiro atoms. The average Bonchev–Trinajstić information content (AvgIpc) is 3.21. The molecule has 30 heavy (non-hydrogen) atoms. The molecule has 1 aromatic heterocycles. The number of hydrogen-bond donors (Lipinski definition) is 2. The van der Waals surface area contributed by atoms with Gasteiger partial charge in [0.1, 0.15) is 6.07 Å². The van der Waals surface area contributed by atoms with Crippen LogP contribution in [0.3, 0.4) is 0 Å². The summed E-state index contributed by atoms with van der Waals surface area (Å²) < 4.78 is 5.70. The number of ether oxygens (including phenoxy) is 1. The third-order valence-electron chi connectivity index (χ3n) is 5.66. The van der Waals surface area contributed by atoms with Crippen molar-refractivity contribution >= 4 is 10.8 Å². The van der Waals surface area contributed by atoms with Crippen LogP contribution in [0, 0.1) is 11.3 Å². The number of aromatic amines is 1. The van der Waals surface area contributed by atoms with Gasteiger partial charge in [0.25, 0.3) is 0 Å². The minimum absolute atomic E-state index is 0.139. The van der Waals surface area contributed by atoms with Crippen molar-refractivity contribution in [3.63, 3.8) is 0 Å². The van der Waals surface area contributed by atoms with Crippen LogP contribution in [0.5, 0.6) is 5.88 Å². The first-order valence-corrected chi connectivity index (χ1v) is 9.93. The normalized spacial score (nSPS) is 15.5. The Labute approximate surface area is 174 Å². The molecule has 0 bridgehead atoms. The first-order chi connectivity index (χ1) is 14.7. The smallest absolute Gasteiger partial charge is 0.244 e. The van der Waals surface area contributed by atoms with E-state index in [1.165, 1.54) is 10.9 Å². The number of hydrogen-bond acceptors (Lipinski definition) is 4. The number of rotatable bonds is 4. The van der Waals surface area contributed by atoms with Crippen LogP contribution in [-0.4, -0.2) is 10.2 Å². The predicted octanol–water partition coefficient (Wildman–Crippen LogP) is 5.03. The summed E-state index contributed by atoms with van der Waals surface area (Å²) >= 11 is 0. The van der Waals surface area contributed by atoms with Crippen molar-refractivity contribution in [3.05, 3.63) is 95.4 Å². The van der Waals surface area contributed by atoms with Crippen molar-refractivity contribution in [1.82, 2.24) is 10.2 Å². The third-order valence-corrected chi connectivity index (χ3v) is 5.66. The van der Waals surface area contributed by atoms with Crippen molar-refractivity contribution in [2.45, 2.75) is 18.8 Å². The van der Waals surface area contributed by atoms with Gasteiger partial charge in [-0.25, -0.2) is 0 Å². The number of aromatic nitrogens is 2. The quantitative estimate of drug-likeness (QED) is 0.510. The summed E-state index contributed by atoms with van der Waals surface area (Å²) in [5, 5.41) is 19.6. The molecule has 5 heteroatoms. The van der Waals surface area contributed by atoms with E-state index in [4.69, 9.17) is 10.5 Å². The van der Waals surface area contributed by atoms with E-state index in [1.807, 2.05) is 30.3 Å². The number of allylic oxidation sites excluding steroid dienone is 1. The van der Waals surface area contributed by atoms with Gasteiger partial charge in [-0.05, 0) is 35.2 Å². The van der Waals surface area contributed by atoms with Crippen LogP contribution in [0.1, 0.15) is 23.5 Å². The fourth-order valence-electron chi connectivity index (χ4n) is 4.15. The van der Waals surface area contributed by atoms with Crippen molar-refractivity contribution in [2.75, 3.05) is 0 Å². The minimum Gasteiger partial charge on any atom is -0.420 e. The van der Waals surface area contributed by atoms with Gasteiger partial charge in [0, 0.05) is 11.5 Å². The van der Waals surface area contributed by atoms with Gasteiger partial charge in [-0.2, -0.15) is 5.26 Å². The van der Waals surface area contributed by atoms with E-state index < -0.39 is 0 Å². The van der Waals surface area contributed by atoms with E-state index in [1.54, 1.807) is 0 Å². The molecule has 1 aliphatic heterocycles. The van der Waals surface area contributed by atoms with Crippen LogP contribution >= 0.6 is 0 Å². The monoisotopic (exact) mass is 392 g/mol. The molecule has 1 atom stereocenters. The van der Waals surface area contributed by atoms with Crippen LogP contribution in [0.25, 0.3) is 22.0 Å². The lowest BCUT2D eigenvalue weighted by Gasteiger charge is -2.23. The summed E-state index contributed by atoms with van der Waals surface area (Å²) in [5.41, 5.74) is 10.5. The second kappa shape index (κ2) is 7.41. The van der Waals surface area contributed by atoms with Crippen molar-refractivity contribution < 1.29 is 4.74 Å². The molecule has 1 unspecified atom stereocenters. The highest BCUT2D eigenvalue weighted by atomic mass is 16.5. The summed E-state index contributed by atoms with van der Waals surface area (Å²) in [5.74, 6) is 0.409. The van der Waals surface area contributed by atoms with Crippen LogP contribution < -0.4 is 10.5 Å². The second-order valence-corrected chi connectivity index (χ2v) is 7.45. The zero-order valence-electron chi connectivity index (χ0n) is 16.3. The van der Waals surface area contributed by atoms with Crippen molar-refractivity contribution in [2.24, 2.45) is 5.73 Å². The zero-order valence-corrected chi connectivity index (χ0v) is 16.3. The molecule has 0 saturated heterocycles. The number of nitrogens with two attached hydrogens (primary N) is 1. The lowest BCUT2D eigenvalue weighted by molar-refractivity contribution is 0.371. The number of fused-ring (bicyclic) bond motifs is 2. The van der Waals surface area contributed by atoms with E-state index in [0.29, 0.717) is 11.5 Å². The first-order valence-electron chi connectivity index (χ1n) is 9.93. The van der Waals surface area contributed by atoms with E-state index in [0.717, 1.165) is 35.0 Å². The highest BCUT2D eigenvalue weighted by molar-refractivity contribution is 5.87. The standard InChI is InChI=1S/C25H20N4O/c26-15-21-20(13-10-16-6-2-1-3-7-16)22-23(28-29-25(22)30-24(21)27)19-12-11-17-8-4-5-9-18(17)14-19/h1-9,11-12,14,20H,10,13,27H2,(H,28,29). The Kier molecular flexibility index (Phi) is 4.45. The van der Waals surface area contributed by atoms with Gasteiger partial charge in [0.15, 0.2) is 0 Å². The Hall–Kier alpha value is -4.04. The van der Waals surface area contributed by atoms with Gasteiger partial charge in [0.05, 0.1) is 16.8 Å². The molecule has 0 aliphatic carbocycles. The van der Waals surface area contributed by atoms with Gasteiger partial charge in [-0.3, -0.25) is 5.10 Å². The van der Waals surface area contributed by atoms with Crippen LogP contribution in [0.4, 0.5) is 0 Å². The molecular weight excluding hydrogens is 372 g/mol. The third kappa shape index (κ3) is 3.09. The summed E-state index contributed by atoms with van der Waals surface area (Å²) in [6, 6.07) is 27.0. The Balaban J connectivity index is 1.58. The summed E-state index contributed by atoms with van der Waals surface area (Å²) in [6.07, 6.45) is 1.57. The first kappa shape index (κ1) is 18.0. The Morgan fingerprint density at radius 1 is 1.00 bits per heavy atom. The second-order valence-electron chi connectivity index (χ2n) is 7.45. The SMILES string of the molecule is N#CC1=C(N)Oc2n[nH]c(-c3ccc4ccccc4c3)c2C1CCc1ccccc1. The van der Waals surface area contributed by atoms with Gasteiger partial charge >= 0.3 is 0 Å². The van der Waals surface area contributed by atoms with Crippen molar-refractivity contribution in [1.29, 1.82) is 5.26 Å². The fraction of sp³-hybridized carbons (Fsp3) is 0.120. The molecule has 0 fully saturated rings. The molecular formula is C25H20N4O. The van der Waals surface area contributed by atoms with Crippen LogP contribution in [-0.2, 0) is 6.42 Å². The maximum Gasteiger partial charge on any atom is 0.244 e. The van der Waals surface area contributed by atoms with Gasteiger partial charge in [0.2, 0.25) is 11.8 Å². The maximum atomic E-state index is 9.80. The molecule has 2 heterocycles. The molecule has 3 aromatic carbocycles. The van der Waals surface area contributed by atoms with Crippen LogP contribution in [0.15, 0.2) is 84.3 Å². The highest BCUT2D eigenvalue weighted by Crippen LogP contribution is 2.44. The summed E-state index contributed by atoms with van der Waals surface area (Å²) in [7, 11) is 0. The molecule has 4 aromatic rings. The summed E-state index contributed by atoms with van der Waals surface area (Å²) in [6.45, 7) is 0. The Bertz CT molecular complexity index is 1300. The largest absolute Gasteiger partial charge is 0.420 e. The fourth-order valence-corrected chi connectivity index (χ4v) is 4.15. The number of nitrogens with zero attached hydrogens (tertiary/aromatic N) is 2. The highest BCUT2D eigenvalue weighted by Gasteiger charge is 2.34. The molecule has 3 N–H and O–H groups in total. The van der Waals surface area contributed by atoms with Gasteiger partial charge in [-0.1, -0.05) is 66.7 Å². The lowest BCUT2D eigenvalue weighted by Crippen LogP contribution is -2.20. The molecule has 0 saturated carbocycles. The number of nitriles is 1. The molecule has 0 radical (unpaired) electrons. The van der Waals surface area contributed by atoms with E-state index in [2.05, 4.69) is 58.7 Å². The van der Waals surface area contributed by atoms with Gasteiger partial charge < -0.3 is 10.5 Å². The predicted molar refractivity (Wildman–Crippen MR) is 116 cm³/mol. The van der Waals surface area contributed by atoms with E-state index in [9.17, 15) is 5.26 Å². The molecule has 5 rings (SSSR count). The van der Waals surface area contributed by atoms with Crippen molar-refractivity contribution in [3.8, 4) is 23.2 Å². The minimum atomic E-state index is -0.181. The molecule has 5 nitrogen and oxygen atoms in total. The molecule has 1 aliphatic rings. The van der Waals surface area contributed by atoms with E-state index in [-0.39, 0.29) is 11.8 Å². The Morgan fingerprint density at radius 2 is 1.77 bits per heavy atom.